The van der Waals surface area contributed by atoms with Crippen molar-refractivity contribution in [2.75, 3.05) is 7.05 Å². The number of aryl methyl sites for hydroxylation is 1. The standard InChI is InChI=1S/C13H15BrClN3/c1-8(16-3)11-5-4-10(14)6-13(11)18-7-12(15)9(2)17-18/h4-8,16H,1-3H3. The number of nitrogens with one attached hydrogen (secondary N) is 1. The molecule has 0 spiro atoms. The topological polar surface area (TPSA) is 29.9 Å². The van der Waals surface area contributed by atoms with E-state index in [0.717, 1.165) is 15.9 Å². The Labute approximate surface area is 120 Å². The molecule has 1 heterocycles. The minimum absolute atomic E-state index is 0.247. The van der Waals surface area contributed by atoms with Gasteiger partial charge in [-0.1, -0.05) is 33.6 Å². The second-order valence-electron chi connectivity index (χ2n) is 4.22. The summed E-state index contributed by atoms with van der Waals surface area (Å²) in [4.78, 5) is 0. The van der Waals surface area contributed by atoms with Gasteiger partial charge in [0, 0.05) is 16.7 Å². The molecule has 0 radical (unpaired) electrons. The minimum Gasteiger partial charge on any atom is -0.313 e. The third kappa shape index (κ3) is 2.60. The molecule has 1 aromatic carbocycles. The molecule has 2 rings (SSSR count). The van der Waals surface area contributed by atoms with E-state index in [1.807, 2.05) is 37.0 Å². The Bertz CT molecular complexity index is 546. The predicted molar refractivity (Wildman–Crippen MR) is 78.5 cm³/mol. The maximum absolute atomic E-state index is 6.07. The molecule has 0 aliphatic heterocycles. The lowest BCUT2D eigenvalue weighted by atomic mass is 10.1. The highest BCUT2D eigenvalue weighted by molar-refractivity contribution is 9.10. The Morgan fingerprint density at radius 1 is 1.44 bits per heavy atom. The Balaban J connectivity index is 2.57. The van der Waals surface area contributed by atoms with Crippen LogP contribution in [0.2, 0.25) is 5.02 Å². The Morgan fingerprint density at radius 2 is 2.17 bits per heavy atom. The largest absolute Gasteiger partial charge is 0.313 e. The first-order chi connectivity index (χ1) is 8.52. The van der Waals surface area contributed by atoms with E-state index in [1.54, 1.807) is 0 Å². The van der Waals surface area contributed by atoms with Crippen molar-refractivity contribution in [2.24, 2.45) is 0 Å². The van der Waals surface area contributed by atoms with Gasteiger partial charge in [-0.3, -0.25) is 0 Å². The fourth-order valence-electron chi connectivity index (χ4n) is 1.80. The van der Waals surface area contributed by atoms with Gasteiger partial charge in [0.2, 0.25) is 0 Å². The molecule has 3 nitrogen and oxygen atoms in total. The zero-order chi connectivity index (χ0) is 13.3. The van der Waals surface area contributed by atoms with Crippen molar-refractivity contribution in [1.29, 1.82) is 0 Å². The zero-order valence-electron chi connectivity index (χ0n) is 10.5. The van der Waals surface area contributed by atoms with Crippen LogP contribution in [0, 0.1) is 6.92 Å². The van der Waals surface area contributed by atoms with Crippen molar-refractivity contribution in [3.05, 3.63) is 45.1 Å². The van der Waals surface area contributed by atoms with Crippen LogP contribution in [-0.4, -0.2) is 16.8 Å². The van der Waals surface area contributed by atoms with Gasteiger partial charge in [-0.25, -0.2) is 4.68 Å². The van der Waals surface area contributed by atoms with Gasteiger partial charge in [0.25, 0.3) is 0 Å². The number of hydrogen-bond donors (Lipinski definition) is 1. The summed E-state index contributed by atoms with van der Waals surface area (Å²) in [5.74, 6) is 0. The van der Waals surface area contributed by atoms with Crippen LogP contribution < -0.4 is 5.32 Å². The second kappa shape index (κ2) is 5.43. The van der Waals surface area contributed by atoms with E-state index in [1.165, 1.54) is 5.56 Å². The lowest BCUT2D eigenvalue weighted by Crippen LogP contribution is -2.15. The first-order valence-electron chi connectivity index (χ1n) is 5.71. The van der Waals surface area contributed by atoms with Crippen LogP contribution in [0.4, 0.5) is 0 Å². The zero-order valence-corrected chi connectivity index (χ0v) is 12.9. The normalized spacial score (nSPS) is 12.7. The highest BCUT2D eigenvalue weighted by Crippen LogP contribution is 2.26. The summed E-state index contributed by atoms with van der Waals surface area (Å²) in [7, 11) is 1.94. The van der Waals surface area contributed by atoms with Gasteiger partial charge in [0.15, 0.2) is 0 Å². The van der Waals surface area contributed by atoms with Crippen LogP contribution in [0.1, 0.15) is 24.2 Å². The van der Waals surface area contributed by atoms with E-state index in [0.29, 0.717) is 5.02 Å². The van der Waals surface area contributed by atoms with Gasteiger partial charge < -0.3 is 5.32 Å². The second-order valence-corrected chi connectivity index (χ2v) is 5.54. The molecule has 18 heavy (non-hydrogen) atoms. The number of hydrogen-bond acceptors (Lipinski definition) is 2. The maximum Gasteiger partial charge on any atom is 0.0819 e. The number of rotatable bonds is 3. The van der Waals surface area contributed by atoms with Gasteiger partial charge in [-0.15, -0.1) is 0 Å². The summed E-state index contributed by atoms with van der Waals surface area (Å²) in [6.45, 7) is 4.02. The number of benzene rings is 1. The molecule has 1 unspecified atom stereocenters. The van der Waals surface area contributed by atoms with E-state index in [9.17, 15) is 0 Å². The Kier molecular flexibility index (Phi) is 4.10. The highest BCUT2D eigenvalue weighted by Gasteiger charge is 2.13. The van der Waals surface area contributed by atoms with Crippen molar-refractivity contribution in [2.45, 2.75) is 19.9 Å². The lowest BCUT2D eigenvalue weighted by molar-refractivity contribution is 0.643. The van der Waals surface area contributed by atoms with Crippen LogP contribution >= 0.6 is 27.5 Å². The average molecular weight is 329 g/mol. The molecule has 5 heteroatoms. The van der Waals surface area contributed by atoms with E-state index in [2.05, 4.69) is 39.3 Å². The summed E-state index contributed by atoms with van der Waals surface area (Å²) < 4.78 is 2.85. The number of halogens is 2. The molecular formula is C13H15BrClN3. The highest BCUT2D eigenvalue weighted by atomic mass is 79.9. The molecule has 0 fully saturated rings. The minimum atomic E-state index is 0.247. The Hall–Kier alpha value is -0.840. The van der Waals surface area contributed by atoms with Crippen LogP contribution in [0.5, 0.6) is 0 Å². The summed E-state index contributed by atoms with van der Waals surface area (Å²) in [5, 5.41) is 8.36. The van der Waals surface area contributed by atoms with Crippen LogP contribution in [0.3, 0.4) is 0 Å². The van der Waals surface area contributed by atoms with Crippen molar-refractivity contribution < 1.29 is 0 Å². The monoisotopic (exact) mass is 327 g/mol. The molecule has 1 atom stereocenters. The summed E-state index contributed by atoms with van der Waals surface area (Å²) in [6, 6.07) is 6.42. The molecule has 0 aliphatic carbocycles. The summed E-state index contributed by atoms with van der Waals surface area (Å²) >= 11 is 9.57. The third-order valence-electron chi connectivity index (χ3n) is 2.98. The van der Waals surface area contributed by atoms with Crippen molar-refractivity contribution >= 4 is 27.5 Å². The molecule has 0 saturated carbocycles. The molecule has 0 aliphatic rings. The fraction of sp³-hybridized carbons (Fsp3) is 0.308. The SMILES string of the molecule is CNC(C)c1ccc(Br)cc1-n1cc(Cl)c(C)n1. The molecule has 0 amide bonds. The summed E-state index contributed by atoms with van der Waals surface area (Å²) in [5.41, 5.74) is 3.04. The van der Waals surface area contributed by atoms with Gasteiger partial charge in [-0.05, 0) is 38.6 Å². The average Bonchev–Trinajstić information content (AvgIpc) is 2.68. The number of aromatic nitrogens is 2. The molecule has 0 saturated heterocycles. The van der Waals surface area contributed by atoms with Crippen molar-refractivity contribution in [3.63, 3.8) is 0 Å². The molecule has 0 bridgehead atoms. The fourth-order valence-corrected chi connectivity index (χ4v) is 2.28. The number of nitrogens with zero attached hydrogens (tertiary/aromatic N) is 2. The lowest BCUT2D eigenvalue weighted by Gasteiger charge is -2.16. The van der Waals surface area contributed by atoms with E-state index in [-0.39, 0.29) is 6.04 Å². The quantitative estimate of drug-likeness (QED) is 0.926. The predicted octanol–water partition coefficient (Wildman–Crippen LogP) is 3.88. The maximum atomic E-state index is 6.07. The van der Waals surface area contributed by atoms with Crippen molar-refractivity contribution in [1.82, 2.24) is 15.1 Å². The first-order valence-corrected chi connectivity index (χ1v) is 6.89. The smallest absolute Gasteiger partial charge is 0.0819 e. The van der Waals surface area contributed by atoms with Crippen LogP contribution in [-0.2, 0) is 0 Å². The van der Waals surface area contributed by atoms with E-state index >= 15 is 0 Å². The molecular weight excluding hydrogens is 314 g/mol. The summed E-state index contributed by atoms with van der Waals surface area (Å²) in [6.07, 6.45) is 1.84. The van der Waals surface area contributed by atoms with Gasteiger partial charge >= 0.3 is 0 Å². The molecule has 1 aromatic heterocycles. The molecule has 2 aromatic rings. The van der Waals surface area contributed by atoms with Gasteiger partial charge in [0.1, 0.15) is 0 Å². The molecule has 1 N–H and O–H groups in total. The molecule has 96 valence electrons. The third-order valence-corrected chi connectivity index (χ3v) is 3.84. The van der Waals surface area contributed by atoms with E-state index in [4.69, 9.17) is 11.6 Å². The van der Waals surface area contributed by atoms with E-state index < -0.39 is 0 Å². The van der Waals surface area contributed by atoms with Crippen LogP contribution in [0.15, 0.2) is 28.9 Å². The Morgan fingerprint density at radius 3 is 2.72 bits per heavy atom. The van der Waals surface area contributed by atoms with Crippen LogP contribution in [0.25, 0.3) is 5.69 Å². The van der Waals surface area contributed by atoms with Gasteiger partial charge in [-0.2, -0.15) is 5.10 Å². The van der Waals surface area contributed by atoms with Crippen molar-refractivity contribution in [3.8, 4) is 5.69 Å². The first kappa shape index (κ1) is 13.6. The van der Waals surface area contributed by atoms with Gasteiger partial charge in [0.05, 0.1) is 16.4 Å².